The maximum absolute atomic E-state index is 11.4. The fourth-order valence-electron chi connectivity index (χ4n) is 2.00. The van der Waals surface area contributed by atoms with Gasteiger partial charge < -0.3 is 9.30 Å². The average Bonchev–Trinajstić information content (AvgIpc) is 2.76. The summed E-state index contributed by atoms with van der Waals surface area (Å²) in [5.41, 5.74) is 1.71. The lowest BCUT2D eigenvalue weighted by Gasteiger charge is -2.15. The number of ether oxygens (including phenoxy) is 1. The number of fused-ring (bicyclic) bond motifs is 1. The smallest absolute Gasteiger partial charge is 0.307 e. The third-order valence-corrected chi connectivity index (χ3v) is 3.05. The highest BCUT2D eigenvalue weighted by Crippen LogP contribution is 2.23. The Kier molecular flexibility index (Phi) is 3.81. The van der Waals surface area contributed by atoms with E-state index < -0.39 is 0 Å². The van der Waals surface area contributed by atoms with Gasteiger partial charge in [-0.2, -0.15) is 0 Å². The molecule has 18 heavy (non-hydrogen) atoms. The molecule has 0 amide bonds. The average molecular weight is 268 g/mol. The van der Waals surface area contributed by atoms with Crippen LogP contribution in [0.15, 0.2) is 18.5 Å². The number of imidazole rings is 1. The van der Waals surface area contributed by atoms with Crippen molar-refractivity contribution >= 4 is 28.6 Å². The maximum atomic E-state index is 11.4. The van der Waals surface area contributed by atoms with Crippen LogP contribution in [0.25, 0.3) is 11.0 Å². The molecule has 0 radical (unpaired) electrons. The van der Waals surface area contributed by atoms with Gasteiger partial charge in [0, 0.05) is 12.2 Å². The van der Waals surface area contributed by atoms with Gasteiger partial charge in [0.25, 0.3) is 0 Å². The Morgan fingerprint density at radius 2 is 2.39 bits per heavy atom. The second kappa shape index (κ2) is 5.35. The standard InChI is InChI=1S/C12H14ClN3O2/c1-8(5-12(17)18-2)16-10-3-4-14-7-9(10)15-11(16)6-13/h3-4,7-8H,5-6H2,1-2H3. The number of halogens is 1. The van der Waals surface area contributed by atoms with Gasteiger partial charge in [0.2, 0.25) is 0 Å². The van der Waals surface area contributed by atoms with Gasteiger partial charge in [0.05, 0.1) is 31.1 Å². The van der Waals surface area contributed by atoms with E-state index in [9.17, 15) is 4.79 Å². The normalized spacial score (nSPS) is 12.6. The van der Waals surface area contributed by atoms with Crippen molar-refractivity contribution in [1.82, 2.24) is 14.5 Å². The van der Waals surface area contributed by atoms with Crippen LogP contribution in [0, 0.1) is 0 Å². The molecule has 0 aliphatic carbocycles. The van der Waals surface area contributed by atoms with Crippen molar-refractivity contribution < 1.29 is 9.53 Å². The molecule has 6 heteroatoms. The van der Waals surface area contributed by atoms with Crippen LogP contribution in [0.2, 0.25) is 0 Å². The van der Waals surface area contributed by atoms with Crippen molar-refractivity contribution in [3.05, 3.63) is 24.3 Å². The monoisotopic (exact) mass is 267 g/mol. The molecule has 2 rings (SSSR count). The number of carbonyl (C=O) groups is 1. The highest BCUT2D eigenvalue weighted by atomic mass is 35.5. The van der Waals surface area contributed by atoms with Crippen molar-refractivity contribution in [2.24, 2.45) is 0 Å². The van der Waals surface area contributed by atoms with E-state index in [1.807, 2.05) is 17.6 Å². The Morgan fingerprint density at radius 3 is 3.06 bits per heavy atom. The third kappa shape index (κ3) is 2.31. The Bertz CT molecular complexity index is 567. The zero-order valence-corrected chi connectivity index (χ0v) is 11.0. The lowest BCUT2D eigenvalue weighted by molar-refractivity contribution is -0.141. The van der Waals surface area contributed by atoms with Gasteiger partial charge in [0.15, 0.2) is 0 Å². The van der Waals surface area contributed by atoms with Crippen LogP contribution >= 0.6 is 11.6 Å². The van der Waals surface area contributed by atoms with E-state index in [0.29, 0.717) is 5.88 Å². The topological polar surface area (TPSA) is 57.0 Å². The summed E-state index contributed by atoms with van der Waals surface area (Å²) in [6, 6.07) is 1.81. The first-order valence-electron chi connectivity index (χ1n) is 5.61. The molecule has 1 unspecified atom stereocenters. The molecule has 1 atom stereocenters. The first-order chi connectivity index (χ1) is 8.67. The Morgan fingerprint density at radius 1 is 1.61 bits per heavy atom. The zero-order chi connectivity index (χ0) is 13.1. The first kappa shape index (κ1) is 12.8. The van der Waals surface area contributed by atoms with E-state index in [-0.39, 0.29) is 18.4 Å². The maximum Gasteiger partial charge on any atom is 0.307 e. The molecule has 2 aromatic heterocycles. The van der Waals surface area contributed by atoms with Gasteiger partial charge in [-0.1, -0.05) is 0 Å². The number of alkyl halides is 1. The molecule has 0 saturated carbocycles. The van der Waals surface area contributed by atoms with E-state index in [2.05, 4.69) is 14.7 Å². The predicted octanol–water partition coefficient (Wildman–Crippen LogP) is 2.29. The summed E-state index contributed by atoms with van der Waals surface area (Å²) in [5.74, 6) is 0.773. The van der Waals surface area contributed by atoms with Gasteiger partial charge in [-0.05, 0) is 13.0 Å². The molecule has 0 saturated heterocycles. The molecule has 2 aromatic rings. The summed E-state index contributed by atoms with van der Waals surface area (Å²) in [4.78, 5) is 19.8. The minimum atomic E-state index is -0.251. The van der Waals surface area contributed by atoms with Crippen LogP contribution in [-0.4, -0.2) is 27.6 Å². The minimum Gasteiger partial charge on any atom is -0.469 e. The Labute approximate surface area is 110 Å². The summed E-state index contributed by atoms with van der Waals surface area (Å²) in [5, 5.41) is 0. The van der Waals surface area contributed by atoms with E-state index in [1.54, 1.807) is 12.4 Å². The molecular formula is C12H14ClN3O2. The molecule has 0 fully saturated rings. The number of nitrogens with zero attached hydrogens (tertiary/aromatic N) is 3. The van der Waals surface area contributed by atoms with Gasteiger partial charge >= 0.3 is 5.97 Å². The molecule has 96 valence electrons. The minimum absolute atomic E-state index is 0.0569. The predicted molar refractivity (Wildman–Crippen MR) is 68.4 cm³/mol. The van der Waals surface area contributed by atoms with Crippen LogP contribution in [0.3, 0.4) is 0 Å². The van der Waals surface area contributed by atoms with Crippen molar-refractivity contribution in [2.45, 2.75) is 25.3 Å². The molecule has 0 aromatic carbocycles. The summed E-state index contributed by atoms with van der Waals surface area (Å²) in [7, 11) is 1.38. The largest absolute Gasteiger partial charge is 0.469 e. The van der Waals surface area contributed by atoms with Crippen LogP contribution in [0.5, 0.6) is 0 Å². The van der Waals surface area contributed by atoms with Crippen molar-refractivity contribution in [3.63, 3.8) is 0 Å². The summed E-state index contributed by atoms with van der Waals surface area (Å²) < 4.78 is 6.65. The van der Waals surface area contributed by atoms with Gasteiger partial charge in [-0.25, -0.2) is 4.98 Å². The Hall–Kier alpha value is -1.62. The molecular weight excluding hydrogens is 254 g/mol. The summed E-state index contributed by atoms with van der Waals surface area (Å²) in [6.45, 7) is 1.94. The molecule has 0 aliphatic heterocycles. The van der Waals surface area contributed by atoms with E-state index in [1.165, 1.54) is 7.11 Å². The van der Waals surface area contributed by atoms with Gasteiger partial charge in [-0.15, -0.1) is 11.6 Å². The lowest BCUT2D eigenvalue weighted by atomic mass is 10.2. The van der Waals surface area contributed by atoms with E-state index in [0.717, 1.165) is 16.9 Å². The number of carbonyl (C=O) groups excluding carboxylic acids is 1. The van der Waals surface area contributed by atoms with Crippen LogP contribution in [0.1, 0.15) is 25.2 Å². The van der Waals surface area contributed by atoms with E-state index in [4.69, 9.17) is 11.6 Å². The zero-order valence-electron chi connectivity index (χ0n) is 10.3. The van der Waals surface area contributed by atoms with Crippen LogP contribution in [-0.2, 0) is 15.4 Å². The third-order valence-electron chi connectivity index (χ3n) is 2.81. The van der Waals surface area contributed by atoms with Gasteiger partial charge in [-0.3, -0.25) is 9.78 Å². The fourth-order valence-corrected chi connectivity index (χ4v) is 2.19. The van der Waals surface area contributed by atoms with Crippen LogP contribution in [0.4, 0.5) is 0 Å². The quantitative estimate of drug-likeness (QED) is 0.630. The number of pyridine rings is 1. The van der Waals surface area contributed by atoms with Gasteiger partial charge in [0.1, 0.15) is 11.3 Å². The highest BCUT2D eigenvalue weighted by molar-refractivity contribution is 6.16. The fraction of sp³-hybridized carbons (Fsp3) is 0.417. The number of methoxy groups -OCH3 is 1. The summed E-state index contributed by atoms with van der Waals surface area (Å²) in [6.07, 6.45) is 3.67. The van der Waals surface area contributed by atoms with E-state index >= 15 is 0 Å². The molecule has 2 heterocycles. The SMILES string of the molecule is COC(=O)CC(C)n1c(CCl)nc2cnccc21. The van der Waals surface area contributed by atoms with Crippen molar-refractivity contribution in [2.75, 3.05) is 7.11 Å². The second-order valence-electron chi connectivity index (χ2n) is 4.03. The lowest BCUT2D eigenvalue weighted by Crippen LogP contribution is -2.14. The second-order valence-corrected chi connectivity index (χ2v) is 4.29. The Balaban J connectivity index is 2.44. The van der Waals surface area contributed by atoms with Crippen molar-refractivity contribution in [3.8, 4) is 0 Å². The first-order valence-corrected chi connectivity index (χ1v) is 6.14. The molecule has 0 spiro atoms. The number of hydrogen-bond acceptors (Lipinski definition) is 4. The molecule has 5 nitrogen and oxygen atoms in total. The number of rotatable bonds is 4. The van der Waals surface area contributed by atoms with Crippen LogP contribution < -0.4 is 0 Å². The summed E-state index contributed by atoms with van der Waals surface area (Å²) >= 11 is 5.90. The molecule has 0 N–H and O–H groups in total. The molecule has 0 bridgehead atoms. The number of aromatic nitrogens is 3. The molecule has 0 aliphatic rings. The number of esters is 1. The highest BCUT2D eigenvalue weighted by Gasteiger charge is 2.18. The van der Waals surface area contributed by atoms with Crippen molar-refractivity contribution in [1.29, 1.82) is 0 Å². The number of hydrogen-bond donors (Lipinski definition) is 0.